The lowest BCUT2D eigenvalue weighted by atomic mass is 9.85. The highest BCUT2D eigenvalue weighted by Gasteiger charge is 2.35. The number of nitrogens with one attached hydrogen (secondary N) is 1. The van der Waals surface area contributed by atoms with Crippen molar-refractivity contribution >= 4 is 50.5 Å². The second-order valence-corrected chi connectivity index (χ2v) is 9.87. The molecule has 196 valence electrons. The molecular weight excluding hydrogens is 538 g/mol. The zero-order chi connectivity index (χ0) is 26.4. The molecule has 11 heteroatoms. The number of esters is 1. The molecular formula is C26H32BrN7O3. The number of benzene rings is 1. The normalized spacial score (nSPS) is 14.9. The van der Waals surface area contributed by atoms with E-state index in [1.165, 1.54) is 0 Å². The van der Waals surface area contributed by atoms with Gasteiger partial charge in [0, 0.05) is 56.1 Å². The molecule has 0 spiro atoms. The molecule has 1 N–H and O–H groups in total. The Labute approximate surface area is 224 Å². The number of fused-ring (bicyclic) bond motifs is 1. The minimum Gasteiger partial charge on any atom is -0.465 e. The molecule has 0 bridgehead atoms. The van der Waals surface area contributed by atoms with Gasteiger partial charge in [-0.3, -0.25) is 29.4 Å². The standard InChI is InChI=1S/C26H32BrN7O3/c1-4-6-22(35)37-15-17(13-18-14-28-16-33(18)3)19(5-2)25(36)34-12-11-31-26(34)32-20-7-8-21-24(23(20)27)30-10-9-29-21/h7-10,14,16-17,19H,4-6,11-13,15H2,1-3H3,(H,31,32)/t17-,19-/m0/s1. The first kappa shape index (κ1) is 26.7. The number of hydrogen-bond acceptors (Lipinski definition) is 8. The van der Waals surface area contributed by atoms with Gasteiger partial charge in [-0.15, -0.1) is 0 Å². The first-order valence-electron chi connectivity index (χ1n) is 12.6. The first-order chi connectivity index (χ1) is 17.9. The summed E-state index contributed by atoms with van der Waals surface area (Å²) in [6.07, 6.45) is 9.07. The van der Waals surface area contributed by atoms with Crippen LogP contribution in [-0.2, 0) is 27.8 Å². The van der Waals surface area contributed by atoms with Crippen LogP contribution >= 0.6 is 15.9 Å². The molecule has 2 atom stereocenters. The Morgan fingerprint density at radius 1 is 1.22 bits per heavy atom. The van der Waals surface area contributed by atoms with Crippen LogP contribution in [0.5, 0.6) is 0 Å². The number of hydrogen-bond donors (Lipinski definition) is 1. The Morgan fingerprint density at radius 3 is 2.76 bits per heavy atom. The molecule has 1 aliphatic rings. The fourth-order valence-electron chi connectivity index (χ4n) is 4.54. The number of aliphatic imine (C=N–C) groups is 1. The van der Waals surface area contributed by atoms with Gasteiger partial charge in [0.1, 0.15) is 5.52 Å². The van der Waals surface area contributed by atoms with Crippen LogP contribution in [0, 0.1) is 11.8 Å². The van der Waals surface area contributed by atoms with Crippen molar-refractivity contribution in [3.8, 4) is 0 Å². The lowest BCUT2D eigenvalue weighted by Crippen LogP contribution is -2.45. The molecule has 10 nitrogen and oxygen atoms in total. The van der Waals surface area contributed by atoms with Crippen molar-refractivity contribution in [3.63, 3.8) is 0 Å². The van der Waals surface area contributed by atoms with E-state index in [2.05, 4.69) is 41.2 Å². The van der Waals surface area contributed by atoms with E-state index in [1.54, 1.807) is 29.8 Å². The lowest BCUT2D eigenvalue weighted by molar-refractivity contribution is -0.148. The molecule has 0 unspecified atom stereocenters. The third-order valence-electron chi connectivity index (χ3n) is 6.56. The molecule has 0 aliphatic carbocycles. The summed E-state index contributed by atoms with van der Waals surface area (Å²) in [5, 5.41) is 3.31. The van der Waals surface area contributed by atoms with Gasteiger partial charge < -0.3 is 14.6 Å². The fourth-order valence-corrected chi connectivity index (χ4v) is 5.08. The van der Waals surface area contributed by atoms with Gasteiger partial charge >= 0.3 is 5.97 Å². The minimum atomic E-state index is -0.361. The van der Waals surface area contributed by atoms with Crippen LogP contribution in [-0.4, -0.2) is 62.0 Å². The molecule has 2 aromatic heterocycles. The number of amides is 1. The number of aryl methyl sites for hydroxylation is 1. The van der Waals surface area contributed by atoms with Gasteiger partial charge in [0.25, 0.3) is 0 Å². The molecule has 0 saturated carbocycles. The van der Waals surface area contributed by atoms with Crippen LogP contribution in [0.15, 0.2) is 46.5 Å². The number of halogens is 1. The number of anilines is 1. The van der Waals surface area contributed by atoms with Crippen molar-refractivity contribution in [2.75, 3.05) is 25.0 Å². The zero-order valence-corrected chi connectivity index (χ0v) is 22.9. The average molecular weight is 570 g/mol. The van der Waals surface area contributed by atoms with Gasteiger partial charge in [-0.25, -0.2) is 4.98 Å². The second kappa shape index (κ2) is 12.3. The van der Waals surface area contributed by atoms with Gasteiger partial charge in [0.05, 0.1) is 35.2 Å². The maximum atomic E-state index is 13.9. The number of aromatic nitrogens is 4. The Hall–Kier alpha value is -3.34. The number of imidazole rings is 1. The molecule has 1 aromatic carbocycles. The highest BCUT2D eigenvalue weighted by Crippen LogP contribution is 2.30. The third kappa shape index (κ3) is 6.15. The maximum Gasteiger partial charge on any atom is 0.305 e. The van der Waals surface area contributed by atoms with Crippen molar-refractivity contribution in [3.05, 3.63) is 47.2 Å². The summed E-state index contributed by atoms with van der Waals surface area (Å²) >= 11 is 3.62. The SMILES string of the molecule is CCCC(=O)OC[C@H](Cc1cncn1C)[C@H](CC)C(=O)N1CCN=C1Nc1ccc2nccnc2c1Br. The Morgan fingerprint density at radius 2 is 2.03 bits per heavy atom. The van der Waals surface area contributed by atoms with Crippen molar-refractivity contribution in [2.24, 2.45) is 23.9 Å². The predicted octanol–water partition coefficient (Wildman–Crippen LogP) is 3.96. The van der Waals surface area contributed by atoms with Crippen molar-refractivity contribution in [2.45, 2.75) is 39.5 Å². The molecule has 1 amide bonds. The number of nitrogens with zero attached hydrogens (tertiary/aromatic N) is 6. The molecule has 0 fully saturated rings. The second-order valence-electron chi connectivity index (χ2n) is 9.08. The van der Waals surface area contributed by atoms with E-state index < -0.39 is 0 Å². The summed E-state index contributed by atoms with van der Waals surface area (Å²) in [4.78, 5) is 45.3. The molecule has 37 heavy (non-hydrogen) atoms. The zero-order valence-electron chi connectivity index (χ0n) is 21.4. The largest absolute Gasteiger partial charge is 0.465 e. The molecule has 4 rings (SSSR count). The summed E-state index contributed by atoms with van der Waals surface area (Å²) < 4.78 is 8.29. The highest BCUT2D eigenvalue weighted by atomic mass is 79.9. The Balaban J connectivity index is 1.54. The van der Waals surface area contributed by atoms with Crippen molar-refractivity contribution in [1.29, 1.82) is 0 Å². The molecule has 1 aliphatic heterocycles. The van der Waals surface area contributed by atoms with Crippen molar-refractivity contribution < 1.29 is 14.3 Å². The summed E-state index contributed by atoms with van der Waals surface area (Å²) in [5.41, 5.74) is 3.22. The number of carbonyl (C=O) groups excluding carboxylic acids is 2. The molecule has 0 radical (unpaired) electrons. The summed E-state index contributed by atoms with van der Waals surface area (Å²) in [6, 6.07) is 3.76. The molecule has 0 saturated heterocycles. The van der Waals surface area contributed by atoms with E-state index >= 15 is 0 Å². The highest BCUT2D eigenvalue weighted by molar-refractivity contribution is 9.10. The van der Waals surface area contributed by atoms with E-state index in [1.807, 2.05) is 37.6 Å². The summed E-state index contributed by atoms with van der Waals surface area (Å²) in [7, 11) is 1.92. The number of rotatable bonds is 10. The number of ether oxygens (including phenoxy) is 1. The predicted molar refractivity (Wildman–Crippen MR) is 145 cm³/mol. The van der Waals surface area contributed by atoms with E-state index in [-0.39, 0.29) is 30.3 Å². The monoisotopic (exact) mass is 569 g/mol. The maximum absolute atomic E-state index is 13.9. The average Bonchev–Trinajstić information content (AvgIpc) is 3.53. The third-order valence-corrected chi connectivity index (χ3v) is 7.36. The van der Waals surface area contributed by atoms with Crippen LogP contribution in [0.2, 0.25) is 0 Å². The van der Waals surface area contributed by atoms with Crippen molar-refractivity contribution in [1.82, 2.24) is 24.4 Å². The minimum absolute atomic E-state index is 0.0401. The topological polar surface area (TPSA) is 115 Å². The summed E-state index contributed by atoms with van der Waals surface area (Å²) in [5.74, 6) is -0.343. The van der Waals surface area contributed by atoms with Gasteiger partial charge in [-0.1, -0.05) is 13.8 Å². The van der Waals surface area contributed by atoms with Crippen LogP contribution in [0.1, 0.15) is 38.8 Å². The van der Waals surface area contributed by atoms with E-state index in [9.17, 15) is 9.59 Å². The van der Waals surface area contributed by atoms with Gasteiger partial charge in [-0.2, -0.15) is 0 Å². The lowest BCUT2D eigenvalue weighted by Gasteiger charge is -2.30. The quantitative estimate of drug-likeness (QED) is 0.367. The van der Waals surface area contributed by atoms with Crippen LogP contribution in [0.4, 0.5) is 5.69 Å². The van der Waals surface area contributed by atoms with E-state index in [0.29, 0.717) is 38.3 Å². The summed E-state index contributed by atoms with van der Waals surface area (Å²) in [6.45, 7) is 5.10. The first-order valence-corrected chi connectivity index (χ1v) is 13.3. The number of carbonyl (C=O) groups is 2. The number of guanidine groups is 1. The van der Waals surface area contributed by atoms with Crippen LogP contribution in [0.25, 0.3) is 11.0 Å². The van der Waals surface area contributed by atoms with E-state index in [0.717, 1.165) is 33.3 Å². The van der Waals surface area contributed by atoms with Gasteiger partial charge in [0.2, 0.25) is 11.9 Å². The molecule has 3 heterocycles. The van der Waals surface area contributed by atoms with Gasteiger partial charge in [-0.05, 0) is 47.3 Å². The smallest absolute Gasteiger partial charge is 0.305 e. The molecule has 3 aromatic rings. The fraction of sp³-hybridized carbons (Fsp3) is 0.462. The van der Waals surface area contributed by atoms with Crippen LogP contribution < -0.4 is 5.32 Å². The Kier molecular flexibility index (Phi) is 8.86. The Bertz CT molecular complexity index is 1290. The van der Waals surface area contributed by atoms with E-state index in [4.69, 9.17) is 4.74 Å². The van der Waals surface area contributed by atoms with Gasteiger partial charge in [0.15, 0.2) is 0 Å². The van der Waals surface area contributed by atoms with Crippen LogP contribution in [0.3, 0.4) is 0 Å².